The molecule has 5 nitrogen and oxygen atoms in total. The first-order valence-corrected chi connectivity index (χ1v) is 6.09. The average molecular weight is 345 g/mol. The van der Waals surface area contributed by atoms with Crippen molar-refractivity contribution in [3.8, 4) is 0 Å². The van der Waals surface area contributed by atoms with Crippen LogP contribution < -0.4 is 0 Å². The Morgan fingerprint density at radius 3 is 2.88 bits per heavy atom. The number of carbonyl (C=O) groups is 1. The number of pyridine rings is 1. The molecule has 0 bridgehead atoms. The van der Waals surface area contributed by atoms with E-state index < -0.39 is 0 Å². The number of hydroxylamine groups is 2. The Morgan fingerprint density at radius 1 is 1.53 bits per heavy atom. The van der Waals surface area contributed by atoms with Gasteiger partial charge in [-0.15, -0.1) is 0 Å². The van der Waals surface area contributed by atoms with Gasteiger partial charge in [0.15, 0.2) is 5.69 Å². The van der Waals surface area contributed by atoms with E-state index in [9.17, 15) is 4.79 Å². The molecule has 2 heterocycles. The van der Waals surface area contributed by atoms with Crippen LogP contribution in [0.4, 0.5) is 0 Å². The average Bonchev–Trinajstić information content (AvgIpc) is 2.65. The number of imidazole rings is 1. The molecule has 0 unspecified atom stereocenters. The fourth-order valence-electron chi connectivity index (χ4n) is 1.57. The molecule has 2 aromatic rings. The summed E-state index contributed by atoms with van der Waals surface area (Å²) < 4.78 is 2.99. The highest BCUT2D eigenvalue weighted by Crippen LogP contribution is 2.15. The number of halogens is 1. The first-order chi connectivity index (χ1) is 8.04. The zero-order valence-corrected chi connectivity index (χ0v) is 11.9. The van der Waals surface area contributed by atoms with Crippen molar-refractivity contribution >= 4 is 34.1 Å². The van der Waals surface area contributed by atoms with Gasteiger partial charge in [-0.2, -0.15) is 0 Å². The van der Waals surface area contributed by atoms with Gasteiger partial charge in [-0.1, -0.05) is 0 Å². The summed E-state index contributed by atoms with van der Waals surface area (Å²) in [6, 6.07) is 3.84. The number of aromatic nitrogens is 2. The summed E-state index contributed by atoms with van der Waals surface area (Å²) in [6.45, 7) is 1.87. The van der Waals surface area contributed by atoms with E-state index in [2.05, 4.69) is 27.6 Å². The molecule has 90 valence electrons. The van der Waals surface area contributed by atoms with Gasteiger partial charge in [0.25, 0.3) is 5.91 Å². The molecule has 0 saturated heterocycles. The van der Waals surface area contributed by atoms with Crippen LogP contribution in [0.3, 0.4) is 0 Å². The summed E-state index contributed by atoms with van der Waals surface area (Å²) in [4.78, 5) is 21.2. The normalized spacial score (nSPS) is 10.8. The predicted molar refractivity (Wildman–Crippen MR) is 71.7 cm³/mol. The monoisotopic (exact) mass is 345 g/mol. The van der Waals surface area contributed by atoms with Gasteiger partial charge in [0.2, 0.25) is 0 Å². The summed E-state index contributed by atoms with van der Waals surface area (Å²) in [5.41, 5.74) is 1.99. The van der Waals surface area contributed by atoms with E-state index in [-0.39, 0.29) is 5.91 Å². The third-order valence-corrected chi connectivity index (χ3v) is 3.22. The quantitative estimate of drug-likeness (QED) is 0.617. The van der Waals surface area contributed by atoms with Gasteiger partial charge in [-0.05, 0) is 41.6 Å². The van der Waals surface area contributed by atoms with E-state index in [0.717, 1.165) is 14.9 Å². The molecule has 0 atom stereocenters. The lowest BCUT2D eigenvalue weighted by molar-refractivity contribution is -0.0760. The maximum Gasteiger partial charge on any atom is 0.297 e. The van der Waals surface area contributed by atoms with Crippen LogP contribution in [0.15, 0.2) is 18.3 Å². The third-order valence-electron chi connectivity index (χ3n) is 2.58. The van der Waals surface area contributed by atoms with Gasteiger partial charge in [0.1, 0.15) is 5.65 Å². The Labute approximate surface area is 112 Å². The van der Waals surface area contributed by atoms with E-state index in [4.69, 9.17) is 4.84 Å². The van der Waals surface area contributed by atoms with Gasteiger partial charge in [-0.3, -0.25) is 9.63 Å². The van der Waals surface area contributed by atoms with Crippen LogP contribution >= 0.6 is 22.6 Å². The summed E-state index contributed by atoms with van der Waals surface area (Å²) in [6.07, 6.45) is 1.95. The summed E-state index contributed by atoms with van der Waals surface area (Å²) >= 11 is 2.22. The molecule has 0 aliphatic heterocycles. The van der Waals surface area contributed by atoms with Crippen molar-refractivity contribution in [3.63, 3.8) is 0 Å². The minimum absolute atomic E-state index is 0.247. The van der Waals surface area contributed by atoms with Crippen LogP contribution in [0.5, 0.6) is 0 Å². The molecule has 17 heavy (non-hydrogen) atoms. The number of rotatable bonds is 2. The first kappa shape index (κ1) is 12.3. The molecule has 0 N–H and O–H groups in total. The molecule has 0 saturated carbocycles. The predicted octanol–water partition coefficient (Wildman–Crippen LogP) is 1.88. The molecule has 6 heteroatoms. The standard InChI is InChI=1S/C11H12IN3O2/c1-7-10(11(16)14(2)17-3)13-9-5-4-8(12)6-15(7)9/h4-6H,1-3H3. The number of amides is 1. The van der Waals surface area contributed by atoms with Crippen LogP contribution in [0.1, 0.15) is 16.2 Å². The first-order valence-electron chi connectivity index (χ1n) is 5.01. The number of fused-ring (bicyclic) bond motifs is 1. The minimum Gasteiger partial charge on any atom is -0.302 e. The van der Waals surface area contributed by atoms with Gasteiger partial charge in [-0.25, -0.2) is 10.0 Å². The Bertz CT molecular complexity index is 579. The van der Waals surface area contributed by atoms with E-state index in [0.29, 0.717) is 5.69 Å². The maximum absolute atomic E-state index is 12.0. The van der Waals surface area contributed by atoms with Crippen LogP contribution in [0.2, 0.25) is 0 Å². The largest absolute Gasteiger partial charge is 0.302 e. The van der Waals surface area contributed by atoms with Crippen LogP contribution in [0, 0.1) is 10.5 Å². The lowest BCUT2D eigenvalue weighted by atomic mass is 10.3. The Hall–Kier alpha value is -1.15. The van der Waals surface area contributed by atoms with Crippen molar-refractivity contribution in [3.05, 3.63) is 33.3 Å². The number of nitrogens with zero attached hydrogens (tertiary/aromatic N) is 3. The minimum atomic E-state index is -0.247. The second kappa shape index (κ2) is 4.61. The molecule has 2 rings (SSSR count). The van der Waals surface area contributed by atoms with Crippen LogP contribution in [-0.2, 0) is 4.84 Å². The van der Waals surface area contributed by atoms with Gasteiger partial charge in [0.05, 0.1) is 12.8 Å². The number of carbonyl (C=O) groups excluding carboxylic acids is 1. The van der Waals surface area contributed by atoms with Crippen molar-refractivity contribution in [2.75, 3.05) is 14.2 Å². The van der Waals surface area contributed by atoms with Gasteiger partial charge < -0.3 is 4.40 Å². The Kier molecular flexibility index (Phi) is 3.34. The number of aryl methyl sites for hydroxylation is 1. The highest BCUT2D eigenvalue weighted by Gasteiger charge is 2.19. The zero-order valence-electron chi connectivity index (χ0n) is 9.77. The third kappa shape index (κ3) is 2.14. The molecule has 0 fully saturated rings. The molecular weight excluding hydrogens is 333 g/mol. The lowest BCUT2D eigenvalue weighted by Gasteiger charge is -2.11. The molecule has 1 amide bonds. The molecule has 0 spiro atoms. The number of hydrogen-bond donors (Lipinski definition) is 0. The summed E-state index contributed by atoms with van der Waals surface area (Å²) in [5.74, 6) is -0.247. The van der Waals surface area contributed by atoms with Gasteiger partial charge >= 0.3 is 0 Å². The molecule has 0 aliphatic carbocycles. The van der Waals surface area contributed by atoms with Crippen molar-refractivity contribution in [2.45, 2.75) is 6.92 Å². The van der Waals surface area contributed by atoms with Crippen molar-refractivity contribution < 1.29 is 9.63 Å². The zero-order chi connectivity index (χ0) is 12.6. The summed E-state index contributed by atoms with van der Waals surface area (Å²) in [5, 5.41) is 1.17. The summed E-state index contributed by atoms with van der Waals surface area (Å²) in [7, 11) is 3.02. The lowest BCUT2D eigenvalue weighted by Crippen LogP contribution is -2.26. The maximum atomic E-state index is 12.0. The number of hydrogen-bond acceptors (Lipinski definition) is 3. The van der Waals surface area contributed by atoms with Crippen molar-refractivity contribution in [2.24, 2.45) is 0 Å². The van der Waals surface area contributed by atoms with Crippen molar-refractivity contribution in [1.82, 2.24) is 14.4 Å². The van der Waals surface area contributed by atoms with Crippen molar-refractivity contribution in [1.29, 1.82) is 0 Å². The second-order valence-electron chi connectivity index (χ2n) is 3.61. The smallest absolute Gasteiger partial charge is 0.297 e. The van der Waals surface area contributed by atoms with Gasteiger partial charge in [0, 0.05) is 16.8 Å². The highest BCUT2D eigenvalue weighted by molar-refractivity contribution is 14.1. The van der Waals surface area contributed by atoms with Crippen LogP contribution in [-0.4, -0.2) is 34.5 Å². The fourth-order valence-corrected chi connectivity index (χ4v) is 2.03. The SMILES string of the molecule is CON(C)C(=O)c1nc2ccc(I)cn2c1C. The van der Waals surface area contributed by atoms with E-state index in [1.165, 1.54) is 12.2 Å². The second-order valence-corrected chi connectivity index (χ2v) is 4.85. The molecule has 0 aromatic carbocycles. The van der Waals surface area contributed by atoms with E-state index in [1.807, 2.05) is 29.7 Å². The van der Waals surface area contributed by atoms with E-state index >= 15 is 0 Å². The fraction of sp³-hybridized carbons (Fsp3) is 0.273. The molecular formula is C11H12IN3O2. The molecule has 0 radical (unpaired) electrons. The molecule has 0 aliphatic rings. The van der Waals surface area contributed by atoms with Crippen LogP contribution in [0.25, 0.3) is 5.65 Å². The Morgan fingerprint density at radius 2 is 2.24 bits per heavy atom. The van der Waals surface area contributed by atoms with E-state index in [1.54, 1.807) is 7.05 Å². The topological polar surface area (TPSA) is 46.8 Å². The highest BCUT2D eigenvalue weighted by atomic mass is 127. The molecule has 2 aromatic heterocycles. The Balaban J connectivity index is 2.56.